The van der Waals surface area contributed by atoms with E-state index in [1.165, 1.54) is 12.0 Å². The van der Waals surface area contributed by atoms with Crippen molar-refractivity contribution in [2.75, 3.05) is 6.54 Å². The first-order chi connectivity index (χ1) is 13.1. The Morgan fingerprint density at radius 2 is 2.11 bits per heavy atom. The maximum absolute atomic E-state index is 13.4. The number of nitrogens with zero attached hydrogens (tertiary/aromatic N) is 4. The van der Waals surface area contributed by atoms with Crippen molar-refractivity contribution >= 4 is 16.8 Å². The van der Waals surface area contributed by atoms with Crippen LogP contribution < -0.4 is 0 Å². The van der Waals surface area contributed by atoms with Crippen molar-refractivity contribution < 1.29 is 4.79 Å². The minimum atomic E-state index is 0.124. The molecule has 5 nitrogen and oxygen atoms in total. The van der Waals surface area contributed by atoms with Crippen LogP contribution >= 0.6 is 0 Å². The molecule has 140 valence electrons. The highest BCUT2D eigenvalue weighted by atomic mass is 16.2. The molecule has 4 rings (SSSR count). The number of likely N-dealkylation sites (tertiary alicyclic amines) is 1. The second kappa shape index (κ2) is 7.51. The molecule has 0 aliphatic carbocycles. The van der Waals surface area contributed by atoms with E-state index >= 15 is 0 Å². The van der Waals surface area contributed by atoms with E-state index in [-0.39, 0.29) is 11.9 Å². The molecule has 27 heavy (non-hydrogen) atoms. The first-order valence-electron chi connectivity index (χ1n) is 9.76. The third kappa shape index (κ3) is 3.72. The molecular formula is C22H26N4O. The Hall–Kier alpha value is -2.69. The zero-order valence-corrected chi connectivity index (χ0v) is 16.1. The minimum Gasteiger partial charge on any atom is -0.337 e. The summed E-state index contributed by atoms with van der Waals surface area (Å²) in [6, 6.07) is 8.49. The molecule has 1 fully saturated rings. The zero-order valence-electron chi connectivity index (χ0n) is 16.1. The van der Waals surface area contributed by atoms with Crippen LogP contribution in [-0.2, 0) is 6.54 Å². The third-order valence-corrected chi connectivity index (χ3v) is 5.56. The quantitative estimate of drug-likeness (QED) is 0.701. The Kier molecular flexibility index (Phi) is 4.92. The van der Waals surface area contributed by atoms with E-state index in [4.69, 9.17) is 0 Å². The van der Waals surface area contributed by atoms with Gasteiger partial charge in [0, 0.05) is 36.9 Å². The average molecular weight is 362 g/mol. The summed E-state index contributed by atoms with van der Waals surface area (Å²) in [7, 11) is 0. The molecule has 1 aromatic carbocycles. The van der Waals surface area contributed by atoms with Crippen LogP contribution in [0.5, 0.6) is 0 Å². The fourth-order valence-corrected chi connectivity index (χ4v) is 4.05. The van der Waals surface area contributed by atoms with Gasteiger partial charge in [-0.25, -0.2) is 4.98 Å². The Labute approximate surface area is 160 Å². The van der Waals surface area contributed by atoms with E-state index in [0.29, 0.717) is 0 Å². The number of carbonyl (C=O) groups excluding carboxylic acids is 1. The summed E-state index contributed by atoms with van der Waals surface area (Å²) >= 11 is 0. The van der Waals surface area contributed by atoms with E-state index in [1.807, 2.05) is 31.6 Å². The lowest BCUT2D eigenvalue weighted by Gasteiger charge is -2.36. The fraction of sp³-hybridized carbons (Fsp3) is 0.409. The third-order valence-electron chi connectivity index (χ3n) is 5.56. The molecule has 5 heteroatoms. The lowest BCUT2D eigenvalue weighted by Crippen LogP contribution is -2.44. The number of hydrogen-bond acceptors (Lipinski definition) is 3. The molecule has 1 amide bonds. The van der Waals surface area contributed by atoms with Crippen molar-refractivity contribution in [3.63, 3.8) is 0 Å². The van der Waals surface area contributed by atoms with Gasteiger partial charge in [0.05, 0.1) is 23.1 Å². The molecule has 1 aliphatic heterocycles. The number of imidazole rings is 1. The molecule has 0 bridgehead atoms. The standard InChI is InChI=1S/C22H26N4O/c1-16-6-7-21-18(13-16)14-20(17(2)24-21)22(27)26-10-4-3-5-19(26)8-11-25-12-9-23-15-25/h6-7,9,12-15,19H,3-5,8,10-11H2,1-2H3/t19-/m0/s1. The lowest BCUT2D eigenvalue weighted by molar-refractivity contribution is 0.0594. The monoisotopic (exact) mass is 362 g/mol. The van der Waals surface area contributed by atoms with Crippen molar-refractivity contribution in [2.45, 2.75) is 52.1 Å². The second-order valence-corrected chi connectivity index (χ2v) is 7.55. The summed E-state index contributed by atoms with van der Waals surface area (Å²) in [5.41, 5.74) is 3.69. The van der Waals surface area contributed by atoms with E-state index in [9.17, 15) is 4.79 Å². The van der Waals surface area contributed by atoms with Gasteiger partial charge < -0.3 is 9.47 Å². The van der Waals surface area contributed by atoms with Gasteiger partial charge in [0.25, 0.3) is 5.91 Å². The number of piperidine rings is 1. The number of amides is 1. The van der Waals surface area contributed by atoms with Gasteiger partial charge in [-0.2, -0.15) is 0 Å². The van der Waals surface area contributed by atoms with Crippen molar-refractivity contribution in [1.82, 2.24) is 19.4 Å². The summed E-state index contributed by atoms with van der Waals surface area (Å²) in [4.78, 5) is 24.3. The fourth-order valence-electron chi connectivity index (χ4n) is 4.05. The Morgan fingerprint density at radius 1 is 1.22 bits per heavy atom. The van der Waals surface area contributed by atoms with Crippen LogP contribution in [0.25, 0.3) is 10.9 Å². The van der Waals surface area contributed by atoms with E-state index in [1.54, 1.807) is 6.20 Å². The lowest BCUT2D eigenvalue weighted by atomic mass is 9.97. The molecule has 3 heterocycles. The van der Waals surface area contributed by atoms with Crippen LogP contribution in [0.2, 0.25) is 0 Å². The molecule has 0 spiro atoms. The average Bonchev–Trinajstić information content (AvgIpc) is 3.19. The van der Waals surface area contributed by atoms with Crippen LogP contribution in [0.3, 0.4) is 0 Å². The van der Waals surface area contributed by atoms with Gasteiger partial charge in [0.1, 0.15) is 0 Å². The maximum atomic E-state index is 13.4. The Balaban J connectivity index is 1.59. The Morgan fingerprint density at radius 3 is 2.93 bits per heavy atom. The van der Waals surface area contributed by atoms with Crippen molar-refractivity contribution in [2.24, 2.45) is 0 Å². The van der Waals surface area contributed by atoms with E-state index in [2.05, 4.69) is 38.5 Å². The number of hydrogen-bond donors (Lipinski definition) is 0. The number of fused-ring (bicyclic) bond motifs is 1. The van der Waals surface area contributed by atoms with Crippen LogP contribution in [-0.4, -0.2) is 37.9 Å². The van der Waals surface area contributed by atoms with Crippen LogP contribution in [0.1, 0.15) is 47.3 Å². The van der Waals surface area contributed by atoms with Gasteiger partial charge in [-0.3, -0.25) is 9.78 Å². The normalized spacial score (nSPS) is 17.4. The number of rotatable bonds is 4. The minimum absolute atomic E-state index is 0.124. The number of benzene rings is 1. The van der Waals surface area contributed by atoms with Gasteiger partial charge >= 0.3 is 0 Å². The van der Waals surface area contributed by atoms with Gasteiger partial charge in [-0.15, -0.1) is 0 Å². The van der Waals surface area contributed by atoms with E-state index in [0.717, 1.165) is 54.5 Å². The molecule has 0 N–H and O–H groups in total. The molecule has 2 aromatic heterocycles. The van der Waals surface area contributed by atoms with Crippen LogP contribution in [0.4, 0.5) is 0 Å². The first kappa shape index (κ1) is 17.7. The summed E-state index contributed by atoms with van der Waals surface area (Å²) in [5, 5.41) is 1.04. The van der Waals surface area contributed by atoms with Crippen LogP contribution in [0.15, 0.2) is 43.0 Å². The first-order valence-corrected chi connectivity index (χ1v) is 9.76. The molecule has 0 saturated carbocycles. The van der Waals surface area contributed by atoms with Crippen molar-refractivity contribution in [3.8, 4) is 0 Å². The predicted octanol–water partition coefficient (Wildman–Crippen LogP) is 4.13. The Bertz CT molecular complexity index is 948. The predicted molar refractivity (Wildman–Crippen MR) is 107 cm³/mol. The summed E-state index contributed by atoms with van der Waals surface area (Å²) in [6.45, 7) is 5.73. The highest BCUT2D eigenvalue weighted by Gasteiger charge is 2.28. The second-order valence-electron chi connectivity index (χ2n) is 7.55. The number of aryl methyl sites for hydroxylation is 3. The molecule has 1 aliphatic rings. The molecule has 3 aromatic rings. The van der Waals surface area contributed by atoms with Crippen molar-refractivity contribution in [1.29, 1.82) is 0 Å². The van der Waals surface area contributed by atoms with Crippen molar-refractivity contribution in [3.05, 3.63) is 59.8 Å². The largest absolute Gasteiger partial charge is 0.337 e. The highest BCUT2D eigenvalue weighted by molar-refractivity contribution is 5.99. The highest BCUT2D eigenvalue weighted by Crippen LogP contribution is 2.25. The summed E-state index contributed by atoms with van der Waals surface area (Å²) in [5.74, 6) is 0.124. The smallest absolute Gasteiger partial charge is 0.255 e. The van der Waals surface area contributed by atoms with Gasteiger partial charge in [-0.1, -0.05) is 11.6 Å². The molecule has 1 saturated heterocycles. The number of aromatic nitrogens is 3. The van der Waals surface area contributed by atoms with Crippen LogP contribution in [0, 0.1) is 13.8 Å². The SMILES string of the molecule is Cc1ccc2nc(C)c(C(=O)N3CCCC[C@H]3CCn3ccnc3)cc2c1. The van der Waals surface area contributed by atoms with Gasteiger partial charge in [-0.05, 0) is 57.7 Å². The molecule has 1 atom stereocenters. The summed E-state index contributed by atoms with van der Waals surface area (Å²) in [6.07, 6.45) is 9.92. The number of pyridine rings is 1. The molecular weight excluding hydrogens is 336 g/mol. The molecule has 0 unspecified atom stereocenters. The van der Waals surface area contributed by atoms with E-state index < -0.39 is 0 Å². The number of carbonyl (C=O) groups is 1. The topological polar surface area (TPSA) is 51.0 Å². The molecule has 0 radical (unpaired) electrons. The van der Waals surface area contributed by atoms with Gasteiger partial charge in [0.2, 0.25) is 0 Å². The maximum Gasteiger partial charge on any atom is 0.255 e. The van der Waals surface area contributed by atoms with Gasteiger partial charge in [0.15, 0.2) is 0 Å². The summed E-state index contributed by atoms with van der Waals surface area (Å²) < 4.78 is 2.09. The zero-order chi connectivity index (χ0) is 18.8.